The van der Waals surface area contributed by atoms with Crippen molar-refractivity contribution in [1.29, 1.82) is 0 Å². The second-order valence-electron chi connectivity index (χ2n) is 4.71. The first-order valence-corrected chi connectivity index (χ1v) is 8.60. The minimum atomic E-state index is -3.82. The maximum Gasteiger partial charge on any atom is 0.266 e. The minimum absolute atomic E-state index is 0.0536. The highest BCUT2D eigenvalue weighted by atomic mass is 32.2. The Labute approximate surface area is 132 Å². The Bertz CT molecular complexity index is 836. The smallest absolute Gasteiger partial charge is 0.266 e. The van der Waals surface area contributed by atoms with Crippen LogP contribution in [0.3, 0.4) is 0 Å². The zero-order valence-corrected chi connectivity index (χ0v) is 13.5. The Balaban J connectivity index is 2.22. The van der Waals surface area contributed by atoms with E-state index in [-0.39, 0.29) is 14.9 Å². The van der Waals surface area contributed by atoms with Gasteiger partial charge in [-0.15, -0.1) is 11.3 Å². The lowest BCUT2D eigenvalue weighted by Gasteiger charge is -2.05. The summed E-state index contributed by atoms with van der Waals surface area (Å²) >= 11 is 0.823. The SMILES string of the molecule is CC(=O)c1ccc(NC(=O)c2sc(S(N)(=O)=O)cc2C)cc1. The van der Waals surface area contributed by atoms with Gasteiger partial charge in [0.25, 0.3) is 5.91 Å². The molecule has 6 nitrogen and oxygen atoms in total. The lowest BCUT2D eigenvalue weighted by molar-refractivity contribution is 0.101. The molecule has 1 amide bonds. The summed E-state index contributed by atoms with van der Waals surface area (Å²) in [6.45, 7) is 3.09. The van der Waals surface area contributed by atoms with Crippen LogP contribution >= 0.6 is 11.3 Å². The number of Topliss-reactive ketones (excluding diaryl/α,β-unsaturated/α-hetero) is 1. The number of nitrogens with two attached hydrogens (primary N) is 1. The number of aryl methyl sites for hydroxylation is 1. The Hall–Kier alpha value is -2.03. The third kappa shape index (κ3) is 3.59. The molecule has 0 saturated heterocycles. The second kappa shape index (κ2) is 5.99. The standard InChI is InChI=1S/C14H14N2O4S2/c1-8-7-12(22(15,19)20)21-13(8)14(18)16-11-5-3-10(4-6-11)9(2)17/h3-7H,1-2H3,(H,16,18)(H2,15,19,20). The number of hydrogen-bond acceptors (Lipinski definition) is 5. The van der Waals surface area contributed by atoms with E-state index in [1.54, 1.807) is 31.2 Å². The van der Waals surface area contributed by atoms with Gasteiger partial charge in [0.2, 0.25) is 10.0 Å². The Kier molecular flexibility index (Phi) is 4.45. The minimum Gasteiger partial charge on any atom is -0.321 e. The van der Waals surface area contributed by atoms with Crippen LogP contribution in [0.1, 0.15) is 32.5 Å². The fourth-order valence-electron chi connectivity index (χ4n) is 1.79. The highest BCUT2D eigenvalue weighted by Gasteiger charge is 2.19. The van der Waals surface area contributed by atoms with E-state index in [2.05, 4.69) is 5.32 Å². The molecule has 0 aliphatic carbocycles. The number of anilines is 1. The highest BCUT2D eigenvalue weighted by molar-refractivity contribution is 7.91. The number of nitrogens with one attached hydrogen (secondary N) is 1. The summed E-state index contributed by atoms with van der Waals surface area (Å²) < 4.78 is 22.6. The van der Waals surface area contributed by atoms with Crippen LogP contribution in [0.15, 0.2) is 34.5 Å². The van der Waals surface area contributed by atoms with Gasteiger partial charge in [-0.2, -0.15) is 0 Å². The number of amides is 1. The molecule has 0 unspecified atom stereocenters. The molecule has 116 valence electrons. The molecule has 0 bridgehead atoms. The normalized spacial score (nSPS) is 11.2. The van der Waals surface area contributed by atoms with Crippen LogP contribution in [0.4, 0.5) is 5.69 Å². The zero-order valence-electron chi connectivity index (χ0n) is 11.9. The number of ketones is 1. The average molecular weight is 338 g/mol. The van der Waals surface area contributed by atoms with Crippen molar-refractivity contribution >= 4 is 38.7 Å². The number of carbonyl (C=O) groups is 2. The molecule has 0 fully saturated rings. The molecule has 3 N–H and O–H groups in total. The zero-order chi connectivity index (χ0) is 16.5. The number of rotatable bonds is 4. The van der Waals surface area contributed by atoms with Gasteiger partial charge in [0.1, 0.15) is 4.21 Å². The van der Waals surface area contributed by atoms with Crippen molar-refractivity contribution in [1.82, 2.24) is 0 Å². The number of sulfonamides is 1. The lowest BCUT2D eigenvalue weighted by Crippen LogP contribution is -2.11. The third-order valence-corrected chi connectivity index (χ3v) is 5.59. The van der Waals surface area contributed by atoms with Crippen molar-refractivity contribution < 1.29 is 18.0 Å². The fourth-order valence-corrected chi connectivity index (χ4v) is 3.65. The van der Waals surface area contributed by atoms with E-state index in [0.29, 0.717) is 16.8 Å². The largest absolute Gasteiger partial charge is 0.321 e. The van der Waals surface area contributed by atoms with E-state index >= 15 is 0 Å². The summed E-state index contributed by atoms with van der Waals surface area (Å²) in [5.74, 6) is -0.488. The Morgan fingerprint density at radius 2 is 1.77 bits per heavy atom. The van der Waals surface area contributed by atoms with E-state index in [4.69, 9.17) is 5.14 Å². The highest BCUT2D eigenvalue weighted by Crippen LogP contribution is 2.26. The maximum absolute atomic E-state index is 12.2. The molecule has 0 spiro atoms. The van der Waals surface area contributed by atoms with Gasteiger partial charge in [-0.05, 0) is 49.7 Å². The van der Waals surface area contributed by atoms with Gasteiger partial charge in [0.15, 0.2) is 5.78 Å². The summed E-state index contributed by atoms with van der Waals surface area (Å²) in [5.41, 5.74) is 1.59. The van der Waals surface area contributed by atoms with Crippen LogP contribution in [0.25, 0.3) is 0 Å². The van der Waals surface area contributed by atoms with Crippen molar-refractivity contribution in [3.63, 3.8) is 0 Å². The number of hydrogen-bond donors (Lipinski definition) is 2. The summed E-state index contributed by atoms with van der Waals surface area (Å²) in [7, 11) is -3.82. The molecular formula is C14H14N2O4S2. The third-order valence-electron chi connectivity index (χ3n) is 2.93. The van der Waals surface area contributed by atoms with Crippen LogP contribution in [-0.2, 0) is 10.0 Å². The molecule has 8 heteroatoms. The van der Waals surface area contributed by atoms with Crippen LogP contribution in [-0.4, -0.2) is 20.1 Å². The Morgan fingerprint density at radius 3 is 2.23 bits per heavy atom. The molecule has 0 aliphatic rings. The molecule has 0 radical (unpaired) electrons. The number of benzene rings is 1. The van der Waals surface area contributed by atoms with Crippen LogP contribution in [0, 0.1) is 6.92 Å². The van der Waals surface area contributed by atoms with Crippen LogP contribution in [0.2, 0.25) is 0 Å². The van der Waals surface area contributed by atoms with E-state index in [1.807, 2.05) is 0 Å². The van der Waals surface area contributed by atoms with Crippen molar-refractivity contribution in [2.45, 2.75) is 18.1 Å². The predicted molar refractivity (Wildman–Crippen MR) is 84.8 cm³/mol. The van der Waals surface area contributed by atoms with Crippen molar-refractivity contribution in [2.75, 3.05) is 5.32 Å². The lowest BCUT2D eigenvalue weighted by atomic mass is 10.1. The fraction of sp³-hybridized carbons (Fsp3) is 0.143. The monoisotopic (exact) mass is 338 g/mol. The van der Waals surface area contributed by atoms with Gasteiger partial charge in [-0.25, -0.2) is 13.6 Å². The number of primary sulfonamides is 1. The molecular weight excluding hydrogens is 324 g/mol. The van der Waals surface area contributed by atoms with Crippen LogP contribution in [0.5, 0.6) is 0 Å². The van der Waals surface area contributed by atoms with E-state index in [9.17, 15) is 18.0 Å². The molecule has 0 saturated carbocycles. The van der Waals surface area contributed by atoms with E-state index < -0.39 is 15.9 Å². The van der Waals surface area contributed by atoms with Gasteiger partial charge in [0, 0.05) is 11.3 Å². The second-order valence-corrected chi connectivity index (χ2v) is 7.55. The first kappa shape index (κ1) is 16.3. The molecule has 0 atom stereocenters. The molecule has 2 rings (SSSR count). The quantitative estimate of drug-likeness (QED) is 0.833. The average Bonchev–Trinajstić information content (AvgIpc) is 2.81. The summed E-state index contributed by atoms with van der Waals surface area (Å²) in [5, 5.41) is 7.71. The molecule has 0 aliphatic heterocycles. The summed E-state index contributed by atoms with van der Waals surface area (Å²) in [6, 6.07) is 7.80. The molecule has 1 heterocycles. The predicted octanol–water partition coefficient (Wildman–Crippen LogP) is 2.16. The summed E-state index contributed by atoms with van der Waals surface area (Å²) in [6.07, 6.45) is 0. The first-order valence-electron chi connectivity index (χ1n) is 6.24. The molecule has 2 aromatic rings. The van der Waals surface area contributed by atoms with Crippen LogP contribution < -0.4 is 10.5 Å². The van der Waals surface area contributed by atoms with Crippen molar-refractivity contribution in [3.05, 3.63) is 46.3 Å². The van der Waals surface area contributed by atoms with E-state index in [1.165, 1.54) is 13.0 Å². The van der Waals surface area contributed by atoms with Gasteiger partial charge >= 0.3 is 0 Å². The van der Waals surface area contributed by atoms with Crippen molar-refractivity contribution in [3.8, 4) is 0 Å². The molecule has 22 heavy (non-hydrogen) atoms. The van der Waals surface area contributed by atoms with E-state index in [0.717, 1.165) is 11.3 Å². The van der Waals surface area contributed by atoms with Gasteiger partial charge in [-0.1, -0.05) is 0 Å². The topological polar surface area (TPSA) is 106 Å². The number of carbonyl (C=O) groups excluding carboxylic acids is 2. The number of thiophene rings is 1. The Morgan fingerprint density at radius 1 is 1.18 bits per heavy atom. The van der Waals surface area contributed by atoms with Gasteiger partial charge in [-0.3, -0.25) is 9.59 Å². The van der Waals surface area contributed by atoms with Gasteiger partial charge < -0.3 is 5.32 Å². The molecule has 1 aromatic heterocycles. The maximum atomic E-state index is 12.2. The van der Waals surface area contributed by atoms with Gasteiger partial charge in [0.05, 0.1) is 4.88 Å². The van der Waals surface area contributed by atoms with Crippen molar-refractivity contribution in [2.24, 2.45) is 5.14 Å². The summed E-state index contributed by atoms with van der Waals surface area (Å²) in [4.78, 5) is 23.7. The first-order chi connectivity index (χ1) is 10.2. The molecule has 1 aromatic carbocycles.